The predicted molar refractivity (Wildman–Crippen MR) is 85.2 cm³/mol. The van der Waals surface area contributed by atoms with Crippen molar-refractivity contribution in [2.45, 2.75) is 33.1 Å². The van der Waals surface area contributed by atoms with Gasteiger partial charge in [0.1, 0.15) is 0 Å². The second kappa shape index (κ2) is 9.40. The van der Waals surface area contributed by atoms with E-state index in [1.165, 1.54) is 0 Å². The Kier molecular flexibility index (Phi) is 7.83. The molecule has 116 valence electrons. The maximum atomic E-state index is 11.7. The summed E-state index contributed by atoms with van der Waals surface area (Å²) < 4.78 is 0. The average molecular weight is 311 g/mol. The molecule has 0 aromatic heterocycles. The van der Waals surface area contributed by atoms with Crippen LogP contribution in [0.15, 0.2) is 24.3 Å². The van der Waals surface area contributed by atoms with Gasteiger partial charge < -0.3 is 10.6 Å². The number of benzene rings is 1. The Morgan fingerprint density at radius 3 is 2.29 bits per heavy atom. The first-order valence-corrected chi connectivity index (χ1v) is 7.73. The van der Waals surface area contributed by atoms with Crippen molar-refractivity contribution < 1.29 is 9.59 Å². The second-order valence-electron chi connectivity index (χ2n) is 4.96. The fourth-order valence-electron chi connectivity index (χ4n) is 2.03. The fourth-order valence-corrected chi connectivity index (χ4v) is 2.16. The summed E-state index contributed by atoms with van der Waals surface area (Å²) in [6.07, 6.45) is 2.32. The molecule has 0 heterocycles. The van der Waals surface area contributed by atoms with E-state index in [1.54, 1.807) is 0 Å². The number of rotatable bonds is 8. The molecule has 0 unspecified atom stereocenters. The zero-order valence-corrected chi connectivity index (χ0v) is 13.4. The van der Waals surface area contributed by atoms with Gasteiger partial charge in [-0.1, -0.05) is 37.6 Å². The molecule has 1 rings (SSSR count). The molecule has 0 spiro atoms. The van der Waals surface area contributed by atoms with Gasteiger partial charge in [0, 0.05) is 17.5 Å². The molecule has 0 atom stereocenters. The molecule has 0 saturated carbocycles. The van der Waals surface area contributed by atoms with Gasteiger partial charge in [0.05, 0.1) is 6.54 Å². The van der Waals surface area contributed by atoms with E-state index < -0.39 is 0 Å². The van der Waals surface area contributed by atoms with Crippen LogP contribution in [0.4, 0.5) is 0 Å². The largest absolute Gasteiger partial charge is 0.354 e. The van der Waals surface area contributed by atoms with Gasteiger partial charge in [0.15, 0.2) is 0 Å². The monoisotopic (exact) mass is 310 g/mol. The fraction of sp³-hybridized carbons (Fsp3) is 0.500. The van der Waals surface area contributed by atoms with Gasteiger partial charge in [-0.15, -0.1) is 0 Å². The smallest absolute Gasteiger partial charge is 0.239 e. The first kappa shape index (κ1) is 17.5. The van der Waals surface area contributed by atoms with Crippen molar-refractivity contribution in [1.82, 2.24) is 10.6 Å². The van der Waals surface area contributed by atoms with E-state index in [0.29, 0.717) is 11.6 Å². The number of nitrogens with one attached hydrogen (secondary N) is 2. The average Bonchev–Trinajstić information content (AvgIpc) is 2.48. The standard InChI is InChI=1S/C16H23ClN2O2/c1-3-13(4-2)16(21)19-11-15(20)18-10-9-12-5-7-14(17)8-6-12/h5-8,13H,3-4,9-11H2,1-2H3,(H,18,20)(H,19,21). The van der Waals surface area contributed by atoms with Crippen molar-refractivity contribution in [3.8, 4) is 0 Å². The van der Waals surface area contributed by atoms with E-state index in [2.05, 4.69) is 10.6 Å². The van der Waals surface area contributed by atoms with Crippen LogP contribution in [0.25, 0.3) is 0 Å². The zero-order valence-electron chi connectivity index (χ0n) is 12.6. The van der Waals surface area contributed by atoms with Crippen molar-refractivity contribution >= 4 is 23.4 Å². The van der Waals surface area contributed by atoms with Crippen LogP contribution in [0.2, 0.25) is 5.02 Å². The Morgan fingerprint density at radius 2 is 1.71 bits per heavy atom. The van der Waals surface area contributed by atoms with Gasteiger partial charge in [-0.25, -0.2) is 0 Å². The van der Waals surface area contributed by atoms with Gasteiger partial charge in [0.25, 0.3) is 0 Å². The minimum atomic E-state index is -0.164. The van der Waals surface area contributed by atoms with E-state index >= 15 is 0 Å². The highest BCUT2D eigenvalue weighted by atomic mass is 35.5. The highest BCUT2D eigenvalue weighted by Crippen LogP contribution is 2.09. The Labute approximate surface area is 131 Å². The number of halogens is 1. The first-order valence-electron chi connectivity index (χ1n) is 7.35. The minimum absolute atomic E-state index is 0.00753. The number of hydrogen-bond donors (Lipinski definition) is 2. The second-order valence-corrected chi connectivity index (χ2v) is 5.39. The number of amides is 2. The summed E-state index contributed by atoms with van der Waals surface area (Å²) in [7, 11) is 0. The third kappa shape index (κ3) is 6.63. The molecule has 2 N–H and O–H groups in total. The third-order valence-electron chi connectivity index (χ3n) is 3.43. The van der Waals surface area contributed by atoms with Crippen LogP contribution in [-0.2, 0) is 16.0 Å². The van der Waals surface area contributed by atoms with Gasteiger partial charge in [-0.05, 0) is 37.0 Å². The highest BCUT2D eigenvalue weighted by molar-refractivity contribution is 6.30. The minimum Gasteiger partial charge on any atom is -0.354 e. The molecule has 0 saturated heterocycles. The van der Waals surface area contributed by atoms with Crippen LogP contribution in [-0.4, -0.2) is 24.9 Å². The lowest BCUT2D eigenvalue weighted by molar-refractivity contribution is -0.128. The van der Waals surface area contributed by atoms with E-state index in [0.717, 1.165) is 24.8 Å². The molecule has 0 fully saturated rings. The van der Waals surface area contributed by atoms with Gasteiger partial charge in [-0.2, -0.15) is 0 Å². The van der Waals surface area contributed by atoms with Gasteiger partial charge in [0.2, 0.25) is 11.8 Å². The highest BCUT2D eigenvalue weighted by Gasteiger charge is 2.14. The summed E-state index contributed by atoms with van der Waals surface area (Å²) >= 11 is 5.81. The number of carbonyl (C=O) groups excluding carboxylic acids is 2. The molecule has 4 nitrogen and oxygen atoms in total. The lowest BCUT2D eigenvalue weighted by atomic mass is 10.0. The lowest BCUT2D eigenvalue weighted by Gasteiger charge is -2.12. The molecule has 1 aromatic carbocycles. The van der Waals surface area contributed by atoms with Crippen molar-refractivity contribution in [1.29, 1.82) is 0 Å². The maximum absolute atomic E-state index is 11.7. The maximum Gasteiger partial charge on any atom is 0.239 e. The summed E-state index contributed by atoms with van der Waals surface area (Å²) in [5.74, 6) is -0.219. The summed E-state index contributed by atoms with van der Waals surface area (Å²) in [6, 6.07) is 7.52. The molecular formula is C16H23ClN2O2. The number of hydrogen-bond acceptors (Lipinski definition) is 2. The molecule has 2 amide bonds. The zero-order chi connectivity index (χ0) is 15.7. The van der Waals surface area contributed by atoms with Crippen molar-refractivity contribution in [3.05, 3.63) is 34.9 Å². The topological polar surface area (TPSA) is 58.2 Å². The van der Waals surface area contributed by atoms with E-state index in [-0.39, 0.29) is 24.3 Å². The molecule has 1 aromatic rings. The van der Waals surface area contributed by atoms with Crippen LogP contribution in [0, 0.1) is 5.92 Å². The van der Waals surface area contributed by atoms with Gasteiger partial charge in [-0.3, -0.25) is 9.59 Å². The third-order valence-corrected chi connectivity index (χ3v) is 3.68. The molecule has 5 heteroatoms. The van der Waals surface area contributed by atoms with Crippen LogP contribution < -0.4 is 10.6 Å². The molecule has 0 aliphatic heterocycles. The van der Waals surface area contributed by atoms with E-state index in [9.17, 15) is 9.59 Å². The van der Waals surface area contributed by atoms with Crippen molar-refractivity contribution in [3.63, 3.8) is 0 Å². The Balaban J connectivity index is 2.22. The SMILES string of the molecule is CCC(CC)C(=O)NCC(=O)NCCc1ccc(Cl)cc1. The first-order chi connectivity index (χ1) is 10.1. The molecule has 0 bridgehead atoms. The van der Waals surface area contributed by atoms with Crippen molar-refractivity contribution in [2.75, 3.05) is 13.1 Å². The van der Waals surface area contributed by atoms with Gasteiger partial charge >= 0.3 is 0 Å². The summed E-state index contributed by atoms with van der Waals surface area (Å²) in [5, 5.41) is 6.16. The summed E-state index contributed by atoms with van der Waals surface area (Å²) in [6.45, 7) is 4.52. The van der Waals surface area contributed by atoms with E-state index in [1.807, 2.05) is 38.1 Å². The van der Waals surface area contributed by atoms with Crippen molar-refractivity contribution in [2.24, 2.45) is 5.92 Å². The summed E-state index contributed by atoms with van der Waals surface area (Å²) in [4.78, 5) is 23.4. The van der Waals surface area contributed by atoms with Crippen LogP contribution in [0.1, 0.15) is 32.3 Å². The molecule has 0 aliphatic carbocycles. The summed E-state index contributed by atoms with van der Waals surface area (Å²) in [5.41, 5.74) is 1.11. The molecule has 0 radical (unpaired) electrons. The van der Waals surface area contributed by atoms with Crippen LogP contribution >= 0.6 is 11.6 Å². The predicted octanol–water partition coefficient (Wildman–Crippen LogP) is 2.55. The normalized spacial score (nSPS) is 10.5. The van der Waals surface area contributed by atoms with Crippen LogP contribution in [0.3, 0.4) is 0 Å². The van der Waals surface area contributed by atoms with E-state index in [4.69, 9.17) is 11.6 Å². The molecule has 0 aliphatic rings. The molecule has 21 heavy (non-hydrogen) atoms. The van der Waals surface area contributed by atoms with Crippen LogP contribution in [0.5, 0.6) is 0 Å². The quantitative estimate of drug-likeness (QED) is 0.775. The Morgan fingerprint density at radius 1 is 1.10 bits per heavy atom. The lowest BCUT2D eigenvalue weighted by Crippen LogP contribution is -2.40. The molecular weight excluding hydrogens is 288 g/mol. The Hall–Kier alpha value is -1.55. The number of carbonyl (C=O) groups is 2. The Bertz CT molecular complexity index is 456.